The second kappa shape index (κ2) is 14.3. The number of methoxy groups -OCH3 is 1. The highest BCUT2D eigenvalue weighted by Crippen LogP contribution is 2.21. The highest BCUT2D eigenvalue weighted by Gasteiger charge is 2.30. The van der Waals surface area contributed by atoms with Crippen LogP contribution in [-0.4, -0.2) is 60.4 Å². The molecule has 0 saturated heterocycles. The molecule has 2 atom stereocenters. The molecule has 0 aliphatic heterocycles. The Kier molecular flexibility index (Phi) is 11.5. The van der Waals surface area contributed by atoms with Gasteiger partial charge in [0.15, 0.2) is 12.4 Å². The average Bonchev–Trinajstić information content (AvgIpc) is 2.85. The summed E-state index contributed by atoms with van der Waals surface area (Å²) in [6.45, 7) is 2.68. The minimum Gasteiger partial charge on any atom is -0.496 e. The molecule has 11 heteroatoms. The van der Waals surface area contributed by atoms with Gasteiger partial charge < -0.3 is 25.2 Å². The number of rotatable bonds is 13. The Labute approximate surface area is 228 Å². The van der Waals surface area contributed by atoms with Crippen molar-refractivity contribution in [2.24, 2.45) is 5.92 Å². The van der Waals surface area contributed by atoms with Crippen molar-refractivity contribution in [2.45, 2.75) is 38.8 Å². The topological polar surface area (TPSA) is 148 Å². The van der Waals surface area contributed by atoms with Crippen LogP contribution in [0.15, 0.2) is 48.5 Å². The monoisotopic (exact) mass is 624 g/mol. The van der Waals surface area contributed by atoms with Crippen molar-refractivity contribution in [3.63, 3.8) is 0 Å². The van der Waals surface area contributed by atoms with Crippen LogP contribution < -0.4 is 15.4 Å². The molecule has 0 saturated carbocycles. The molecule has 2 amide bonds. The number of Topliss-reactive ketones (excluding diaryl/α,β-unsaturated/α-hetero) is 1. The SMILES string of the molecule is COc1ccc(I)cc1CC(=O)N[C@H](C(=O)NC(CC(=O)O)C(=O)COC(=O)c1ccccc1)C(C)C. The molecule has 3 N–H and O–H groups in total. The largest absolute Gasteiger partial charge is 0.496 e. The number of hydrogen-bond acceptors (Lipinski definition) is 7. The number of carboxylic acids is 1. The van der Waals surface area contributed by atoms with E-state index in [4.69, 9.17) is 9.47 Å². The first-order chi connectivity index (χ1) is 17.5. The number of carboxylic acid groups (broad SMARTS) is 1. The lowest BCUT2D eigenvalue weighted by atomic mass is 10.0. The molecule has 37 heavy (non-hydrogen) atoms. The van der Waals surface area contributed by atoms with Gasteiger partial charge in [-0.15, -0.1) is 0 Å². The molecule has 1 unspecified atom stereocenters. The van der Waals surface area contributed by atoms with Crippen molar-refractivity contribution in [2.75, 3.05) is 13.7 Å². The van der Waals surface area contributed by atoms with Gasteiger partial charge in [-0.3, -0.25) is 19.2 Å². The zero-order valence-corrected chi connectivity index (χ0v) is 22.8. The van der Waals surface area contributed by atoms with Crippen molar-refractivity contribution in [3.8, 4) is 5.75 Å². The molecule has 0 radical (unpaired) electrons. The van der Waals surface area contributed by atoms with Crippen LogP contribution in [0.25, 0.3) is 0 Å². The summed E-state index contributed by atoms with van der Waals surface area (Å²) < 4.78 is 11.2. The molecule has 2 aromatic rings. The Bertz CT molecular complexity index is 1140. The molecule has 0 aliphatic carbocycles. The van der Waals surface area contributed by atoms with Gasteiger partial charge in [-0.25, -0.2) is 4.79 Å². The van der Waals surface area contributed by atoms with Gasteiger partial charge in [0.1, 0.15) is 17.8 Å². The number of halogens is 1. The van der Waals surface area contributed by atoms with Crippen LogP contribution in [0.1, 0.15) is 36.2 Å². The van der Waals surface area contributed by atoms with Crippen LogP contribution in [0.3, 0.4) is 0 Å². The first-order valence-electron chi connectivity index (χ1n) is 11.4. The third kappa shape index (κ3) is 9.48. The summed E-state index contributed by atoms with van der Waals surface area (Å²) in [5.41, 5.74) is 0.857. The number of benzene rings is 2. The number of carbonyl (C=O) groups is 5. The quantitative estimate of drug-likeness (QED) is 0.227. The molecule has 0 aromatic heterocycles. The lowest BCUT2D eigenvalue weighted by molar-refractivity contribution is -0.141. The summed E-state index contributed by atoms with van der Waals surface area (Å²) in [6.07, 6.45) is -0.769. The van der Waals surface area contributed by atoms with E-state index in [1.165, 1.54) is 19.2 Å². The molecule has 2 aromatic carbocycles. The Morgan fingerprint density at radius 3 is 2.27 bits per heavy atom. The van der Waals surface area contributed by atoms with Crippen molar-refractivity contribution in [1.82, 2.24) is 10.6 Å². The van der Waals surface area contributed by atoms with Crippen molar-refractivity contribution < 1.29 is 38.6 Å². The van der Waals surface area contributed by atoms with Crippen LogP contribution in [0, 0.1) is 9.49 Å². The maximum atomic E-state index is 13.0. The highest BCUT2D eigenvalue weighted by atomic mass is 127. The molecule has 0 heterocycles. The molecule has 0 fully saturated rings. The molecule has 0 aliphatic rings. The van der Waals surface area contributed by atoms with Gasteiger partial charge in [-0.05, 0) is 58.8 Å². The first kappa shape index (κ1) is 29.7. The Hall–Kier alpha value is -3.48. The maximum Gasteiger partial charge on any atom is 0.338 e. The number of aliphatic carboxylic acids is 1. The van der Waals surface area contributed by atoms with E-state index in [0.29, 0.717) is 11.3 Å². The van der Waals surface area contributed by atoms with E-state index in [9.17, 15) is 29.1 Å². The maximum absolute atomic E-state index is 13.0. The fourth-order valence-electron chi connectivity index (χ4n) is 3.39. The summed E-state index contributed by atoms with van der Waals surface area (Å²) in [5.74, 6) is -3.91. The molecule has 0 bridgehead atoms. The number of hydrogen-bond donors (Lipinski definition) is 3. The van der Waals surface area contributed by atoms with Crippen LogP contribution in [0.4, 0.5) is 0 Å². The summed E-state index contributed by atoms with van der Waals surface area (Å²) in [6, 6.07) is 10.8. The standard InChI is InChI=1S/C26H29IN2O8/c1-15(2)24(29-22(31)12-17-11-18(27)9-10-21(17)36-3)25(34)28-19(13-23(32)33)20(30)14-37-26(35)16-7-5-4-6-8-16/h4-11,15,19,24H,12-14H2,1-3H3,(H,28,34)(H,29,31)(H,32,33)/t19?,24-/m0/s1. The number of carbonyl (C=O) groups excluding carboxylic acids is 4. The van der Waals surface area contributed by atoms with E-state index in [1.807, 2.05) is 6.07 Å². The second-order valence-corrected chi connectivity index (χ2v) is 9.74. The van der Waals surface area contributed by atoms with Gasteiger partial charge in [-0.1, -0.05) is 32.0 Å². The van der Waals surface area contributed by atoms with E-state index >= 15 is 0 Å². The summed E-state index contributed by atoms with van der Waals surface area (Å²) in [5, 5.41) is 14.3. The van der Waals surface area contributed by atoms with Gasteiger partial charge in [0, 0.05) is 9.13 Å². The number of esters is 1. The van der Waals surface area contributed by atoms with Crippen molar-refractivity contribution in [3.05, 3.63) is 63.2 Å². The lowest BCUT2D eigenvalue weighted by Crippen LogP contribution is -2.54. The van der Waals surface area contributed by atoms with E-state index in [2.05, 4.69) is 33.2 Å². The summed E-state index contributed by atoms with van der Waals surface area (Å²) in [7, 11) is 1.49. The predicted molar refractivity (Wildman–Crippen MR) is 142 cm³/mol. The fraction of sp³-hybridized carbons (Fsp3) is 0.346. The number of amides is 2. The summed E-state index contributed by atoms with van der Waals surface area (Å²) >= 11 is 2.11. The normalized spacial score (nSPS) is 12.2. The second-order valence-electron chi connectivity index (χ2n) is 8.49. The van der Waals surface area contributed by atoms with Crippen LogP contribution in [0.5, 0.6) is 5.75 Å². The first-order valence-corrected chi connectivity index (χ1v) is 12.5. The van der Waals surface area contributed by atoms with E-state index < -0.39 is 54.6 Å². The van der Waals surface area contributed by atoms with Gasteiger partial charge in [0.2, 0.25) is 11.8 Å². The fourth-order valence-corrected chi connectivity index (χ4v) is 3.95. The molecule has 2 rings (SSSR count). The third-order valence-corrected chi connectivity index (χ3v) is 5.97. The zero-order valence-electron chi connectivity index (χ0n) is 20.7. The van der Waals surface area contributed by atoms with E-state index in [1.54, 1.807) is 44.2 Å². The minimum atomic E-state index is -1.46. The predicted octanol–water partition coefficient (Wildman–Crippen LogP) is 2.37. The highest BCUT2D eigenvalue weighted by molar-refractivity contribution is 14.1. The van der Waals surface area contributed by atoms with Crippen molar-refractivity contribution >= 4 is 52.1 Å². The van der Waals surface area contributed by atoms with Gasteiger partial charge >= 0.3 is 11.9 Å². The van der Waals surface area contributed by atoms with Gasteiger partial charge in [0.05, 0.1) is 25.5 Å². The van der Waals surface area contributed by atoms with Gasteiger partial charge in [-0.2, -0.15) is 0 Å². The molecular weight excluding hydrogens is 595 g/mol. The number of nitrogens with one attached hydrogen (secondary N) is 2. The average molecular weight is 624 g/mol. The van der Waals surface area contributed by atoms with Gasteiger partial charge in [0.25, 0.3) is 0 Å². The molecule has 0 spiro atoms. The smallest absolute Gasteiger partial charge is 0.338 e. The van der Waals surface area contributed by atoms with E-state index in [-0.39, 0.29) is 17.9 Å². The molecule has 10 nitrogen and oxygen atoms in total. The summed E-state index contributed by atoms with van der Waals surface area (Å²) in [4.78, 5) is 61.9. The van der Waals surface area contributed by atoms with E-state index in [0.717, 1.165) is 3.57 Å². The number of ether oxygens (including phenoxy) is 2. The lowest BCUT2D eigenvalue weighted by Gasteiger charge is -2.24. The molecular formula is C26H29IN2O8. The minimum absolute atomic E-state index is 0.0521. The van der Waals surface area contributed by atoms with Crippen LogP contribution >= 0.6 is 22.6 Å². The Morgan fingerprint density at radius 2 is 1.68 bits per heavy atom. The zero-order chi connectivity index (χ0) is 27.5. The third-order valence-electron chi connectivity index (χ3n) is 5.30. The Morgan fingerprint density at radius 1 is 1.00 bits per heavy atom. The van der Waals surface area contributed by atoms with Crippen LogP contribution in [0.2, 0.25) is 0 Å². The number of ketones is 1. The Balaban J connectivity index is 2.06. The van der Waals surface area contributed by atoms with Crippen molar-refractivity contribution in [1.29, 1.82) is 0 Å². The van der Waals surface area contributed by atoms with Crippen LogP contribution in [-0.2, 0) is 30.3 Å². The molecule has 198 valence electrons.